The third-order valence-corrected chi connectivity index (χ3v) is 5.65. The van der Waals surface area contributed by atoms with Crippen molar-refractivity contribution in [3.63, 3.8) is 0 Å². The summed E-state index contributed by atoms with van der Waals surface area (Å²) in [6.07, 6.45) is 0.308. The second-order valence-electron chi connectivity index (χ2n) is 9.02. The van der Waals surface area contributed by atoms with Crippen LogP contribution in [0.1, 0.15) is 65.9 Å². The van der Waals surface area contributed by atoms with Gasteiger partial charge in [0.15, 0.2) is 0 Å². The van der Waals surface area contributed by atoms with Gasteiger partial charge in [0.25, 0.3) is 5.91 Å². The molecule has 1 N–H and O–H groups in total. The van der Waals surface area contributed by atoms with Crippen LogP contribution in [0.25, 0.3) is 5.52 Å². The van der Waals surface area contributed by atoms with Crippen molar-refractivity contribution in [3.05, 3.63) is 71.2 Å². The number of carbonyl (C=O) groups is 1. The SMILES string of the molecule is CC(C)(C)c1ncc(C(=O)N2CCc3[nH]cnc3[C@@H]2c2cc3c(C(F)(F)F)cccn3n2)o1. The predicted molar refractivity (Wildman–Crippen MR) is 111 cm³/mol. The molecular formula is C22H21F3N6O2. The molecule has 4 aromatic rings. The second-order valence-corrected chi connectivity index (χ2v) is 9.02. The van der Waals surface area contributed by atoms with Gasteiger partial charge < -0.3 is 14.3 Å². The molecule has 5 rings (SSSR count). The fourth-order valence-electron chi connectivity index (χ4n) is 4.06. The summed E-state index contributed by atoms with van der Waals surface area (Å²) in [5.74, 6) is 0.0517. The maximum Gasteiger partial charge on any atom is 0.418 e. The molecule has 0 saturated heterocycles. The average molecular weight is 458 g/mol. The highest BCUT2D eigenvalue weighted by Crippen LogP contribution is 2.37. The summed E-state index contributed by atoms with van der Waals surface area (Å²) >= 11 is 0. The minimum Gasteiger partial charge on any atom is -0.435 e. The van der Waals surface area contributed by atoms with Crippen molar-refractivity contribution >= 4 is 11.4 Å². The number of aromatic nitrogens is 5. The zero-order valence-electron chi connectivity index (χ0n) is 18.1. The van der Waals surface area contributed by atoms with Gasteiger partial charge in [0.2, 0.25) is 11.7 Å². The first-order chi connectivity index (χ1) is 15.5. The van der Waals surface area contributed by atoms with Gasteiger partial charge in [-0.25, -0.2) is 14.5 Å². The number of aromatic amines is 1. The number of hydrogen-bond donors (Lipinski definition) is 1. The van der Waals surface area contributed by atoms with Crippen LogP contribution in [0.3, 0.4) is 0 Å². The van der Waals surface area contributed by atoms with Crippen molar-refractivity contribution in [1.82, 2.24) is 29.5 Å². The molecule has 11 heteroatoms. The Kier molecular flexibility index (Phi) is 4.62. The van der Waals surface area contributed by atoms with Crippen LogP contribution in [-0.2, 0) is 18.0 Å². The minimum absolute atomic E-state index is 0.0589. The molecule has 8 nitrogen and oxygen atoms in total. The molecule has 0 fully saturated rings. The molecule has 0 bridgehead atoms. The summed E-state index contributed by atoms with van der Waals surface area (Å²) in [6, 6.07) is 2.88. The molecule has 0 spiro atoms. The molecule has 1 amide bonds. The van der Waals surface area contributed by atoms with Gasteiger partial charge in [-0.1, -0.05) is 20.8 Å². The highest BCUT2D eigenvalue weighted by atomic mass is 19.4. The van der Waals surface area contributed by atoms with E-state index in [0.29, 0.717) is 24.6 Å². The van der Waals surface area contributed by atoms with Crippen LogP contribution >= 0.6 is 0 Å². The maximum atomic E-state index is 13.5. The van der Waals surface area contributed by atoms with Crippen LogP contribution in [0, 0.1) is 0 Å². The van der Waals surface area contributed by atoms with Crippen LogP contribution in [0.15, 0.2) is 41.3 Å². The summed E-state index contributed by atoms with van der Waals surface area (Å²) in [6.45, 7) is 6.06. The molecule has 0 unspecified atom stereocenters. The van der Waals surface area contributed by atoms with E-state index >= 15 is 0 Å². The van der Waals surface area contributed by atoms with Crippen LogP contribution < -0.4 is 0 Å². The van der Waals surface area contributed by atoms with Gasteiger partial charge >= 0.3 is 6.18 Å². The lowest BCUT2D eigenvalue weighted by Crippen LogP contribution is -2.40. The second kappa shape index (κ2) is 7.19. The number of halogens is 3. The molecule has 0 aromatic carbocycles. The number of imidazole rings is 1. The molecule has 0 aliphatic carbocycles. The van der Waals surface area contributed by atoms with E-state index in [4.69, 9.17) is 4.42 Å². The Bertz CT molecular complexity index is 1340. The van der Waals surface area contributed by atoms with Gasteiger partial charge in [-0.05, 0) is 18.2 Å². The van der Waals surface area contributed by atoms with E-state index in [-0.39, 0.29) is 22.4 Å². The first kappa shape index (κ1) is 21.2. The number of nitrogens with one attached hydrogen (secondary N) is 1. The number of H-pyrrole nitrogens is 1. The maximum absolute atomic E-state index is 13.5. The topological polar surface area (TPSA) is 92.3 Å². The van der Waals surface area contributed by atoms with Crippen LogP contribution in [-0.4, -0.2) is 41.9 Å². The lowest BCUT2D eigenvalue weighted by molar-refractivity contribution is -0.136. The summed E-state index contributed by atoms with van der Waals surface area (Å²) in [4.78, 5) is 26.6. The monoisotopic (exact) mass is 458 g/mol. The normalized spacial score (nSPS) is 16.9. The molecule has 0 radical (unpaired) electrons. The lowest BCUT2D eigenvalue weighted by Gasteiger charge is -2.33. The smallest absolute Gasteiger partial charge is 0.418 e. The van der Waals surface area contributed by atoms with Crippen molar-refractivity contribution in [2.45, 2.75) is 44.8 Å². The molecule has 172 valence electrons. The van der Waals surface area contributed by atoms with E-state index in [1.807, 2.05) is 20.8 Å². The van der Waals surface area contributed by atoms with Crippen molar-refractivity contribution in [3.8, 4) is 0 Å². The Morgan fingerprint density at radius 3 is 2.73 bits per heavy atom. The van der Waals surface area contributed by atoms with E-state index in [9.17, 15) is 18.0 Å². The Balaban J connectivity index is 1.61. The van der Waals surface area contributed by atoms with E-state index in [1.165, 1.54) is 40.3 Å². The van der Waals surface area contributed by atoms with Crippen molar-refractivity contribution < 1.29 is 22.4 Å². The number of nitrogens with zero attached hydrogens (tertiary/aromatic N) is 5. The van der Waals surface area contributed by atoms with Gasteiger partial charge in [-0.2, -0.15) is 18.3 Å². The highest BCUT2D eigenvalue weighted by Gasteiger charge is 2.39. The van der Waals surface area contributed by atoms with E-state index in [1.54, 1.807) is 0 Å². The number of oxazole rings is 1. The van der Waals surface area contributed by atoms with Crippen LogP contribution in [0.5, 0.6) is 0 Å². The van der Waals surface area contributed by atoms with E-state index in [0.717, 1.165) is 11.8 Å². The molecule has 5 heterocycles. The Morgan fingerprint density at radius 2 is 2.03 bits per heavy atom. The molecule has 1 atom stereocenters. The standard InChI is InChI=1S/C22H21F3N6O2/c1-21(2,3)20-26-10-16(33-20)19(32)30-8-6-13-17(28-11-27-13)18(30)14-9-15-12(22(23,24)25)5-4-7-31(15)29-14/h4-5,7,9-11,18H,6,8H2,1-3H3,(H,27,28)/t18-/m0/s1. The van der Waals surface area contributed by atoms with Crippen molar-refractivity contribution in [2.24, 2.45) is 0 Å². The third-order valence-electron chi connectivity index (χ3n) is 5.65. The van der Waals surface area contributed by atoms with E-state index < -0.39 is 23.7 Å². The van der Waals surface area contributed by atoms with Crippen LogP contribution in [0.2, 0.25) is 0 Å². The number of alkyl halides is 3. The number of pyridine rings is 1. The number of hydrogen-bond acceptors (Lipinski definition) is 5. The van der Waals surface area contributed by atoms with Crippen LogP contribution in [0.4, 0.5) is 13.2 Å². The summed E-state index contributed by atoms with van der Waals surface area (Å²) in [7, 11) is 0. The Labute approximate surface area is 186 Å². The van der Waals surface area contributed by atoms with Gasteiger partial charge in [0.1, 0.15) is 6.04 Å². The quantitative estimate of drug-likeness (QED) is 0.487. The molecule has 33 heavy (non-hydrogen) atoms. The summed E-state index contributed by atoms with van der Waals surface area (Å²) < 4.78 is 47.5. The Morgan fingerprint density at radius 1 is 1.24 bits per heavy atom. The Hall–Kier alpha value is -3.63. The van der Waals surface area contributed by atoms with Gasteiger partial charge in [0.05, 0.1) is 35.0 Å². The fraction of sp³-hybridized carbons (Fsp3) is 0.364. The molecule has 4 aromatic heterocycles. The minimum atomic E-state index is -4.54. The zero-order chi connectivity index (χ0) is 23.5. The average Bonchev–Trinajstić information content (AvgIpc) is 3.49. The number of rotatable bonds is 2. The van der Waals surface area contributed by atoms with Gasteiger partial charge in [-0.3, -0.25) is 4.79 Å². The fourth-order valence-corrected chi connectivity index (χ4v) is 4.06. The number of carbonyl (C=O) groups excluding carboxylic acids is 1. The number of fused-ring (bicyclic) bond motifs is 2. The molecule has 1 aliphatic heterocycles. The molecular weight excluding hydrogens is 437 g/mol. The first-order valence-electron chi connectivity index (χ1n) is 10.4. The van der Waals surface area contributed by atoms with Crippen molar-refractivity contribution in [2.75, 3.05) is 6.54 Å². The summed E-state index contributed by atoms with van der Waals surface area (Å²) in [5.41, 5.74) is 0.357. The van der Waals surface area contributed by atoms with Gasteiger partial charge in [0, 0.05) is 30.3 Å². The molecule has 1 aliphatic rings. The first-order valence-corrected chi connectivity index (χ1v) is 10.4. The highest BCUT2D eigenvalue weighted by molar-refractivity contribution is 5.92. The van der Waals surface area contributed by atoms with Crippen molar-refractivity contribution in [1.29, 1.82) is 0 Å². The van der Waals surface area contributed by atoms with Gasteiger partial charge in [-0.15, -0.1) is 0 Å². The summed E-state index contributed by atoms with van der Waals surface area (Å²) in [5, 5.41) is 4.38. The van der Waals surface area contributed by atoms with E-state index in [2.05, 4.69) is 20.1 Å². The molecule has 0 saturated carbocycles. The predicted octanol–water partition coefficient (Wildman–Crippen LogP) is 4.15. The largest absolute Gasteiger partial charge is 0.435 e. The lowest BCUT2D eigenvalue weighted by atomic mass is 9.97. The third kappa shape index (κ3) is 3.57. The number of amides is 1. The zero-order valence-corrected chi connectivity index (χ0v) is 18.1.